The van der Waals surface area contributed by atoms with Gasteiger partial charge in [0, 0.05) is 13.2 Å². The van der Waals surface area contributed by atoms with E-state index in [9.17, 15) is 4.79 Å². The third-order valence-corrected chi connectivity index (χ3v) is 3.21. The molecule has 0 aromatic carbocycles. The molecule has 1 fully saturated rings. The molecule has 0 radical (unpaired) electrons. The predicted molar refractivity (Wildman–Crippen MR) is 64.0 cm³/mol. The summed E-state index contributed by atoms with van der Waals surface area (Å²) >= 11 is 0. The van der Waals surface area contributed by atoms with Crippen molar-refractivity contribution in [2.24, 2.45) is 17.6 Å². The van der Waals surface area contributed by atoms with Crippen LogP contribution < -0.4 is 11.1 Å². The van der Waals surface area contributed by atoms with Gasteiger partial charge < -0.3 is 15.8 Å². The average molecular weight is 228 g/mol. The number of hydrogen-bond donors (Lipinski definition) is 2. The molecular weight excluding hydrogens is 204 g/mol. The van der Waals surface area contributed by atoms with Gasteiger partial charge in [0.2, 0.25) is 5.91 Å². The topological polar surface area (TPSA) is 64.3 Å². The molecule has 0 aromatic rings. The first kappa shape index (κ1) is 13.5. The Labute approximate surface area is 97.9 Å². The zero-order valence-electron chi connectivity index (χ0n) is 10.5. The molecule has 0 aromatic heterocycles. The number of carbonyl (C=O) groups excluding carboxylic acids is 1. The summed E-state index contributed by atoms with van der Waals surface area (Å²) in [6.45, 7) is 4.76. The smallest absolute Gasteiger partial charge is 0.239 e. The highest BCUT2D eigenvalue weighted by Crippen LogP contribution is 2.28. The van der Waals surface area contributed by atoms with Crippen molar-refractivity contribution in [3.8, 4) is 0 Å². The fraction of sp³-hybridized carbons (Fsp3) is 0.917. The Bertz CT molecular complexity index is 223. The quantitative estimate of drug-likeness (QED) is 0.751. The number of rotatable bonds is 4. The fourth-order valence-electron chi connectivity index (χ4n) is 2.63. The molecule has 0 aliphatic heterocycles. The van der Waals surface area contributed by atoms with Crippen LogP contribution in [-0.4, -0.2) is 31.7 Å². The van der Waals surface area contributed by atoms with Crippen molar-refractivity contribution in [3.05, 3.63) is 0 Å². The molecular formula is C12H24N2O2. The summed E-state index contributed by atoms with van der Waals surface area (Å²) in [4.78, 5) is 11.7. The highest BCUT2D eigenvalue weighted by molar-refractivity contribution is 5.81. The molecule has 3 atom stereocenters. The van der Waals surface area contributed by atoms with Gasteiger partial charge in [0.05, 0.1) is 6.61 Å². The lowest BCUT2D eigenvalue weighted by Crippen LogP contribution is -2.49. The van der Waals surface area contributed by atoms with E-state index in [1.165, 1.54) is 6.42 Å². The summed E-state index contributed by atoms with van der Waals surface area (Å²) in [5.74, 6) is 1.29. The first-order valence-electron chi connectivity index (χ1n) is 6.07. The third kappa shape index (κ3) is 4.10. The molecule has 0 saturated heterocycles. The van der Waals surface area contributed by atoms with Crippen LogP contribution in [0.25, 0.3) is 0 Å². The standard InChI is InChI=1S/C12H24N2O2/c1-8-4-9(2)6-10(5-8)14-12(15)11(13)7-16-3/h8-11H,4-7,13H2,1-3H3,(H,14,15). The van der Waals surface area contributed by atoms with E-state index in [1.807, 2.05) is 0 Å². The Kier molecular flexibility index (Phi) is 5.22. The van der Waals surface area contributed by atoms with Gasteiger partial charge in [-0.25, -0.2) is 0 Å². The lowest BCUT2D eigenvalue weighted by molar-refractivity contribution is -0.124. The number of hydrogen-bond acceptors (Lipinski definition) is 3. The van der Waals surface area contributed by atoms with Crippen LogP contribution in [0, 0.1) is 11.8 Å². The monoisotopic (exact) mass is 228 g/mol. The van der Waals surface area contributed by atoms with Crippen LogP contribution >= 0.6 is 0 Å². The molecule has 16 heavy (non-hydrogen) atoms. The van der Waals surface area contributed by atoms with Crippen molar-refractivity contribution >= 4 is 5.91 Å². The van der Waals surface area contributed by atoms with E-state index in [0.29, 0.717) is 11.8 Å². The average Bonchev–Trinajstić information content (AvgIpc) is 2.16. The lowest BCUT2D eigenvalue weighted by Gasteiger charge is -2.32. The van der Waals surface area contributed by atoms with Crippen LogP contribution in [0.15, 0.2) is 0 Å². The Morgan fingerprint density at radius 2 is 1.94 bits per heavy atom. The molecule has 3 N–H and O–H groups in total. The summed E-state index contributed by atoms with van der Waals surface area (Å²) in [7, 11) is 1.55. The van der Waals surface area contributed by atoms with E-state index in [4.69, 9.17) is 10.5 Å². The van der Waals surface area contributed by atoms with Gasteiger partial charge in [-0.15, -0.1) is 0 Å². The second kappa shape index (κ2) is 6.21. The number of nitrogens with one attached hydrogen (secondary N) is 1. The molecule has 0 heterocycles. The summed E-state index contributed by atoms with van der Waals surface area (Å²) in [6, 6.07) is -0.258. The molecule has 0 bridgehead atoms. The van der Waals surface area contributed by atoms with Gasteiger partial charge in [0.25, 0.3) is 0 Å². The number of amides is 1. The van der Waals surface area contributed by atoms with E-state index in [2.05, 4.69) is 19.2 Å². The zero-order valence-corrected chi connectivity index (χ0v) is 10.5. The van der Waals surface area contributed by atoms with Crippen molar-refractivity contribution in [3.63, 3.8) is 0 Å². The Morgan fingerprint density at radius 3 is 2.44 bits per heavy atom. The van der Waals surface area contributed by atoms with Crippen LogP contribution in [0.3, 0.4) is 0 Å². The highest BCUT2D eigenvalue weighted by atomic mass is 16.5. The second-order valence-electron chi connectivity index (χ2n) is 5.18. The first-order valence-corrected chi connectivity index (χ1v) is 6.07. The van der Waals surface area contributed by atoms with Crippen LogP contribution in [0.1, 0.15) is 33.1 Å². The minimum Gasteiger partial charge on any atom is -0.383 e. The van der Waals surface area contributed by atoms with E-state index in [0.717, 1.165) is 12.8 Å². The summed E-state index contributed by atoms with van der Waals surface area (Å²) in [5, 5.41) is 3.02. The Hall–Kier alpha value is -0.610. The second-order valence-corrected chi connectivity index (χ2v) is 5.18. The van der Waals surface area contributed by atoms with Crippen LogP contribution in [0.2, 0.25) is 0 Å². The van der Waals surface area contributed by atoms with Gasteiger partial charge in [0.15, 0.2) is 0 Å². The summed E-state index contributed by atoms with van der Waals surface area (Å²) in [5.41, 5.74) is 5.68. The largest absolute Gasteiger partial charge is 0.383 e. The van der Waals surface area contributed by atoms with E-state index in [1.54, 1.807) is 7.11 Å². The van der Waals surface area contributed by atoms with Crippen molar-refractivity contribution < 1.29 is 9.53 Å². The third-order valence-electron chi connectivity index (χ3n) is 3.21. The van der Waals surface area contributed by atoms with Gasteiger partial charge in [0.1, 0.15) is 6.04 Å². The van der Waals surface area contributed by atoms with Gasteiger partial charge in [-0.05, 0) is 31.1 Å². The molecule has 3 unspecified atom stereocenters. The molecule has 1 aliphatic rings. The van der Waals surface area contributed by atoms with Gasteiger partial charge in [-0.2, -0.15) is 0 Å². The summed E-state index contributed by atoms with van der Waals surface area (Å²) in [6.07, 6.45) is 3.39. The molecule has 1 amide bonds. The SMILES string of the molecule is COCC(N)C(=O)NC1CC(C)CC(C)C1. The number of methoxy groups -OCH3 is 1. The molecule has 1 saturated carbocycles. The van der Waals surface area contributed by atoms with Crippen molar-refractivity contribution in [1.82, 2.24) is 5.32 Å². The molecule has 4 heteroatoms. The van der Waals surface area contributed by atoms with Crippen molar-refractivity contribution in [2.75, 3.05) is 13.7 Å². The van der Waals surface area contributed by atoms with Crippen LogP contribution in [0.4, 0.5) is 0 Å². The number of ether oxygens (including phenoxy) is 1. The van der Waals surface area contributed by atoms with E-state index >= 15 is 0 Å². The van der Waals surface area contributed by atoms with Gasteiger partial charge in [-0.3, -0.25) is 4.79 Å². The minimum atomic E-state index is -0.544. The van der Waals surface area contributed by atoms with E-state index < -0.39 is 6.04 Å². The lowest BCUT2D eigenvalue weighted by atomic mass is 9.80. The Balaban J connectivity index is 2.38. The normalized spacial score (nSPS) is 32.1. The van der Waals surface area contributed by atoms with Crippen molar-refractivity contribution in [1.29, 1.82) is 0 Å². The van der Waals surface area contributed by atoms with Crippen LogP contribution in [-0.2, 0) is 9.53 Å². The van der Waals surface area contributed by atoms with Crippen molar-refractivity contribution in [2.45, 2.75) is 45.2 Å². The molecule has 1 rings (SSSR count). The summed E-state index contributed by atoms with van der Waals surface area (Å²) < 4.78 is 4.87. The van der Waals surface area contributed by atoms with E-state index in [-0.39, 0.29) is 18.6 Å². The minimum absolute atomic E-state index is 0.0897. The predicted octanol–water partition coefficient (Wildman–Crippen LogP) is 0.901. The fourth-order valence-corrected chi connectivity index (χ4v) is 2.63. The highest BCUT2D eigenvalue weighted by Gasteiger charge is 2.26. The first-order chi connectivity index (χ1) is 7.52. The number of nitrogens with two attached hydrogens (primary N) is 1. The Morgan fingerprint density at radius 1 is 1.38 bits per heavy atom. The zero-order chi connectivity index (χ0) is 12.1. The van der Waals surface area contributed by atoms with Gasteiger partial charge in [-0.1, -0.05) is 13.8 Å². The maximum atomic E-state index is 11.7. The molecule has 0 spiro atoms. The molecule has 1 aliphatic carbocycles. The maximum absolute atomic E-state index is 11.7. The molecule has 94 valence electrons. The van der Waals surface area contributed by atoms with Crippen LogP contribution in [0.5, 0.6) is 0 Å². The van der Waals surface area contributed by atoms with Gasteiger partial charge >= 0.3 is 0 Å². The molecule has 4 nitrogen and oxygen atoms in total. The number of carbonyl (C=O) groups is 1. The maximum Gasteiger partial charge on any atom is 0.239 e.